The maximum absolute atomic E-state index is 13.0. The molecule has 0 aliphatic carbocycles. The maximum Gasteiger partial charge on any atom is 0.256 e. The van der Waals surface area contributed by atoms with E-state index in [1.54, 1.807) is 55.8 Å². The van der Waals surface area contributed by atoms with Crippen molar-refractivity contribution in [3.05, 3.63) is 89.1 Å². The lowest BCUT2D eigenvalue weighted by atomic mass is 9.85. The highest BCUT2D eigenvalue weighted by Gasteiger charge is 2.28. The van der Waals surface area contributed by atoms with Gasteiger partial charge in [-0.15, -0.1) is 0 Å². The first-order valence-corrected chi connectivity index (χ1v) is 10.5. The lowest BCUT2D eigenvalue weighted by Gasteiger charge is -2.29. The van der Waals surface area contributed by atoms with Gasteiger partial charge in [0, 0.05) is 22.9 Å². The van der Waals surface area contributed by atoms with Gasteiger partial charge in [0.15, 0.2) is 5.78 Å². The van der Waals surface area contributed by atoms with Crippen LogP contribution in [0.15, 0.2) is 71.9 Å². The molecule has 0 saturated heterocycles. The zero-order chi connectivity index (χ0) is 22.7. The quantitative estimate of drug-likeness (QED) is 0.576. The Morgan fingerprint density at radius 1 is 1.03 bits per heavy atom. The number of ketones is 1. The van der Waals surface area contributed by atoms with Crippen LogP contribution >= 0.6 is 0 Å². The number of benzene rings is 2. The van der Waals surface area contributed by atoms with Crippen LogP contribution in [0.3, 0.4) is 0 Å². The van der Waals surface area contributed by atoms with Crippen molar-refractivity contribution in [3.8, 4) is 5.75 Å². The number of Topliss-reactive ketones (excluding diaryl/α,β-unsaturated/α-hetero) is 1. The largest absolute Gasteiger partial charge is 0.497 e. The molecule has 0 bridgehead atoms. The molecule has 1 N–H and O–H groups in total. The van der Waals surface area contributed by atoms with Crippen molar-refractivity contribution in [3.63, 3.8) is 0 Å². The number of methoxy groups -OCH3 is 1. The van der Waals surface area contributed by atoms with Crippen LogP contribution in [0.5, 0.6) is 5.75 Å². The Balaban J connectivity index is 1.51. The molecule has 6 heteroatoms. The fraction of sp³-hybridized carbons (Fsp3) is 0.231. The number of aromatic nitrogens is 1. The van der Waals surface area contributed by atoms with Gasteiger partial charge in [-0.25, -0.2) is 4.98 Å². The third-order valence-corrected chi connectivity index (χ3v) is 5.39. The predicted octanol–water partition coefficient (Wildman–Crippen LogP) is 4.74. The number of anilines is 1. The number of ether oxygens (including phenoxy) is 1. The molecule has 4 rings (SSSR count). The molecule has 1 amide bonds. The van der Waals surface area contributed by atoms with E-state index in [1.807, 2.05) is 18.2 Å². The van der Waals surface area contributed by atoms with Crippen LogP contribution in [0.25, 0.3) is 0 Å². The number of amides is 1. The average Bonchev–Trinajstić information content (AvgIpc) is 2.79. The van der Waals surface area contributed by atoms with Gasteiger partial charge in [-0.2, -0.15) is 0 Å². The molecule has 0 saturated carbocycles. The van der Waals surface area contributed by atoms with Gasteiger partial charge in [-0.1, -0.05) is 24.3 Å². The Hall–Kier alpha value is -3.80. The second kappa shape index (κ2) is 8.75. The van der Waals surface area contributed by atoms with Crippen LogP contribution < -0.4 is 10.1 Å². The minimum absolute atomic E-state index is 0.0492. The van der Waals surface area contributed by atoms with Crippen LogP contribution in [0, 0.1) is 0 Å². The molecule has 1 aromatic heterocycles. The standard InChI is InChI=1S/C26H25N3O3/c1-26(2)16-19-11-12-20(32-3)14-21(19)22(29-26)15-23(30)17-7-9-18(10-8-17)25(31)28-24-6-4-5-13-27-24/h4-14H,15-16H2,1-3H3,(H,27,28,31). The summed E-state index contributed by atoms with van der Waals surface area (Å²) in [6.07, 6.45) is 2.60. The predicted molar refractivity (Wildman–Crippen MR) is 125 cm³/mol. The summed E-state index contributed by atoms with van der Waals surface area (Å²) in [5.74, 6) is 0.894. The molecule has 0 spiro atoms. The molecule has 0 radical (unpaired) electrons. The fourth-order valence-electron chi connectivity index (χ4n) is 3.86. The Bertz CT molecular complexity index is 1180. The third kappa shape index (κ3) is 4.75. The molecule has 2 heterocycles. The number of nitrogens with one attached hydrogen (secondary N) is 1. The number of nitrogens with zero attached hydrogens (tertiary/aromatic N) is 2. The van der Waals surface area contributed by atoms with Gasteiger partial charge < -0.3 is 10.1 Å². The van der Waals surface area contributed by atoms with E-state index in [2.05, 4.69) is 24.1 Å². The third-order valence-electron chi connectivity index (χ3n) is 5.39. The van der Waals surface area contributed by atoms with E-state index in [0.29, 0.717) is 16.9 Å². The first-order valence-electron chi connectivity index (χ1n) is 10.5. The highest BCUT2D eigenvalue weighted by Crippen LogP contribution is 2.31. The van der Waals surface area contributed by atoms with E-state index in [9.17, 15) is 9.59 Å². The molecule has 0 atom stereocenters. The topological polar surface area (TPSA) is 80.7 Å². The molecule has 162 valence electrons. The summed E-state index contributed by atoms with van der Waals surface area (Å²) in [5, 5.41) is 2.74. The summed E-state index contributed by atoms with van der Waals surface area (Å²) in [6.45, 7) is 4.14. The number of fused-ring (bicyclic) bond motifs is 1. The lowest BCUT2D eigenvalue weighted by Crippen LogP contribution is -2.30. The van der Waals surface area contributed by atoms with Crippen molar-refractivity contribution in [1.82, 2.24) is 4.98 Å². The number of rotatable bonds is 6. The number of hydrogen-bond acceptors (Lipinski definition) is 5. The molecule has 2 aromatic carbocycles. The van der Waals surface area contributed by atoms with E-state index in [4.69, 9.17) is 9.73 Å². The number of pyridine rings is 1. The highest BCUT2D eigenvalue weighted by molar-refractivity contribution is 6.17. The highest BCUT2D eigenvalue weighted by atomic mass is 16.5. The molecule has 0 unspecified atom stereocenters. The molecular weight excluding hydrogens is 402 g/mol. The molecule has 0 fully saturated rings. The number of aliphatic imine (C=N–C) groups is 1. The number of carbonyl (C=O) groups is 2. The van der Waals surface area contributed by atoms with Gasteiger partial charge in [0.1, 0.15) is 11.6 Å². The number of carbonyl (C=O) groups excluding carboxylic acids is 2. The fourth-order valence-corrected chi connectivity index (χ4v) is 3.86. The zero-order valence-corrected chi connectivity index (χ0v) is 18.4. The Morgan fingerprint density at radius 3 is 2.47 bits per heavy atom. The second-order valence-corrected chi connectivity index (χ2v) is 8.42. The molecule has 3 aromatic rings. The maximum atomic E-state index is 13.0. The summed E-state index contributed by atoms with van der Waals surface area (Å²) in [5.41, 5.74) is 3.61. The van der Waals surface area contributed by atoms with Gasteiger partial charge in [0.05, 0.1) is 24.8 Å². The van der Waals surface area contributed by atoms with Crippen molar-refractivity contribution in [1.29, 1.82) is 0 Å². The Kier molecular flexibility index (Phi) is 5.86. The van der Waals surface area contributed by atoms with E-state index < -0.39 is 0 Å². The van der Waals surface area contributed by atoms with Gasteiger partial charge in [0.2, 0.25) is 0 Å². The van der Waals surface area contributed by atoms with Gasteiger partial charge in [0.25, 0.3) is 5.91 Å². The normalized spacial score (nSPS) is 14.2. The molecule has 1 aliphatic heterocycles. The van der Waals surface area contributed by atoms with Crippen LogP contribution in [-0.4, -0.2) is 35.0 Å². The average molecular weight is 428 g/mol. The van der Waals surface area contributed by atoms with Gasteiger partial charge in [-0.3, -0.25) is 14.6 Å². The monoisotopic (exact) mass is 427 g/mol. The minimum Gasteiger partial charge on any atom is -0.497 e. The smallest absolute Gasteiger partial charge is 0.256 e. The van der Waals surface area contributed by atoms with Crippen LogP contribution in [0.2, 0.25) is 0 Å². The van der Waals surface area contributed by atoms with Crippen molar-refractivity contribution >= 4 is 23.2 Å². The SMILES string of the molecule is COc1ccc2c(c1)C(CC(=O)c1ccc(C(=O)Nc3ccccn3)cc1)=NC(C)(C)C2. The summed E-state index contributed by atoms with van der Waals surface area (Å²) >= 11 is 0. The molecule has 1 aliphatic rings. The van der Waals surface area contributed by atoms with Crippen LogP contribution in [-0.2, 0) is 6.42 Å². The summed E-state index contributed by atoms with van der Waals surface area (Å²) in [4.78, 5) is 34.4. The van der Waals surface area contributed by atoms with Crippen LogP contribution in [0.1, 0.15) is 52.1 Å². The van der Waals surface area contributed by atoms with Crippen molar-refractivity contribution in [2.24, 2.45) is 4.99 Å². The minimum atomic E-state index is -0.276. The van der Waals surface area contributed by atoms with E-state index in [1.165, 1.54) is 0 Å². The van der Waals surface area contributed by atoms with E-state index in [-0.39, 0.29) is 23.7 Å². The molecule has 32 heavy (non-hydrogen) atoms. The summed E-state index contributed by atoms with van der Waals surface area (Å²) in [7, 11) is 1.63. The van der Waals surface area contributed by atoms with Crippen molar-refractivity contribution in [2.45, 2.75) is 32.2 Å². The Morgan fingerprint density at radius 2 is 1.78 bits per heavy atom. The molecular formula is C26H25N3O3. The summed E-state index contributed by atoms with van der Waals surface area (Å²) < 4.78 is 5.37. The first-order chi connectivity index (χ1) is 15.3. The van der Waals surface area contributed by atoms with E-state index >= 15 is 0 Å². The van der Waals surface area contributed by atoms with Crippen LogP contribution in [0.4, 0.5) is 5.82 Å². The second-order valence-electron chi connectivity index (χ2n) is 8.42. The first kappa shape index (κ1) is 21.4. The van der Waals surface area contributed by atoms with E-state index in [0.717, 1.165) is 29.0 Å². The van der Waals surface area contributed by atoms with Gasteiger partial charge in [-0.05, 0) is 62.2 Å². The van der Waals surface area contributed by atoms with Crippen molar-refractivity contribution < 1.29 is 14.3 Å². The Labute approximate surface area is 187 Å². The number of hydrogen-bond donors (Lipinski definition) is 1. The van der Waals surface area contributed by atoms with Crippen molar-refractivity contribution in [2.75, 3.05) is 12.4 Å². The zero-order valence-electron chi connectivity index (χ0n) is 18.4. The van der Waals surface area contributed by atoms with Gasteiger partial charge >= 0.3 is 0 Å². The summed E-state index contributed by atoms with van der Waals surface area (Å²) in [6, 6.07) is 17.9. The lowest BCUT2D eigenvalue weighted by molar-refractivity contribution is 0.0995. The molecule has 6 nitrogen and oxygen atoms in total.